The SMILES string of the molecule is COc1c(C)cnc(CN2CCCC2CC(O)c2ccco2)c1C. The lowest BCUT2D eigenvalue weighted by atomic mass is 10.0. The van der Waals surface area contributed by atoms with Crippen LogP contribution in [0.2, 0.25) is 0 Å². The number of aliphatic hydroxyl groups is 1. The van der Waals surface area contributed by atoms with E-state index in [2.05, 4.69) is 16.8 Å². The number of pyridine rings is 1. The fourth-order valence-corrected chi connectivity index (χ4v) is 3.65. The Kier molecular flexibility index (Phi) is 5.21. The number of methoxy groups -OCH3 is 1. The summed E-state index contributed by atoms with van der Waals surface area (Å²) in [6.45, 7) is 5.91. The molecule has 0 aliphatic carbocycles. The topological polar surface area (TPSA) is 58.7 Å². The second-order valence-corrected chi connectivity index (χ2v) is 6.58. The van der Waals surface area contributed by atoms with Gasteiger partial charge in [0.25, 0.3) is 0 Å². The average molecular weight is 330 g/mol. The Morgan fingerprint density at radius 2 is 2.29 bits per heavy atom. The highest BCUT2D eigenvalue weighted by Crippen LogP contribution is 2.30. The summed E-state index contributed by atoms with van der Waals surface area (Å²) in [5.41, 5.74) is 3.22. The summed E-state index contributed by atoms with van der Waals surface area (Å²) in [6, 6.07) is 4.00. The van der Waals surface area contributed by atoms with Crippen LogP contribution in [0.3, 0.4) is 0 Å². The van der Waals surface area contributed by atoms with Crippen molar-refractivity contribution in [2.45, 2.75) is 51.8 Å². The summed E-state index contributed by atoms with van der Waals surface area (Å²) in [7, 11) is 1.71. The highest BCUT2D eigenvalue weighted by molar-refractivity contribution is 5.41. The maximum Gasteiger partial charge on any atom is 0.132 e. The predicted molar refractivity (Wildman–Crippen MR) is 92.0 cm³/mol. The molecule has 0 bridgehead atoms. The summed E-state index contributed by atoms with van der Waals surface area (Å²) in [5, 5.41) is 10.4. The molecule has 2 aromatic rings. The molecule has 1 saturated heterocycles. The summed E-state index contributed by atoms with van der Waals surface area (Å²) >= 11 is 0. The van der Waals surface area contributed by atoms with Gasteiger partial charge in [0.05, 0.1) is 19.1 Å². The Morgan fingerprint density at radius 3 is 3.00 bits per heavy atom. The van der Waals surface area contributed by atoms with E-state index in [9.17, 15) is 5.11 Å². The van der Waals surface area contributed by atoms with Gasteiger partial charge in [-0.1, -0.05) is 0 Å². The minimum absolute atomic E-state index is 0.346. The zero-order valence-corrected chi connectivity index (χ0v) is 14.7. The van der Waals surface area contributed by atoms with Crippen LogP contribution in [0.4, 0.5) is 0 Å². The van der Waals surface area contributed by atoms with Crippen LogP contribution >= 0.6 is 0 Å². The van der Waals surface area contributed by atoms with Crippen LogP contribution in [-0.2, 0) is 6.54 Å². The fraction of sp³-hybridized carbons (Fsp3) is 0.526. The van der Waals surface area contributed by atoms with Gasteiger partial charge in [-0.05, 0) is 51.8 Å². The Bertz CT molecular complexity index is 670. The van der Waals surface area contributed by atoms with Gasteiger partial charge >= 0.3 is 0 Å². The first kappa shape index (κ1) is 17.0. The lowest BCUT2D eigenvalue weighted by Gasteiger charge is -2.26. The first-order chi connectivity index (χ1) is 11.6. The first-order valence-electron chi connectivity index (χ1n) is 8.54. The van der Waals surface area contributed by atoms with Gasteiger partial charge in [0, 0.05) is 29.9 Å². The van der Waals surface area contributed by atoms with Crippen LogP contribution in [0.25, 0.3) is 0 Å². The molecule has 5 nitrogen and oxygen atoms in total. The third-order valence-electron chi connectivity index (χ3n) is 4.97. The van der Waals surface area contributed by atoms with E-state index in [4.69, 9.17) is 9.15 Å². The molecule has 1 N–H and O–H groups in total. The van der Waals surface area contributed by atoms with Gasteiger partial charge < -0.3 is 14.3 Å². The number of nitrogens with zero attached hydrogens (tertiary/aromatic N) is 2. The van der Waals surface area contributed by atoms with E-state index in [-0.39, 0.29) is 0 Å². The highest BCUT2D eigenvalue weighted by Gasteiger charge is 2.29. The molecule has 2 aromatic heterocycles. The summed E-state index contributed by atoms with van der Waals surface area (Å²) < 4.78 is 10.8. The summed E-state index contributed by atoms with van der Waals surface area (Å²) in [6.07, 6.45) is 5.88. The molecule has 3 heterocycles. The molecule has 130 valence electrons. The van der Waals surface area contributed by atoms with Gasteiger partial charge in [0.15, 0.2) is 0 Å². The normalized spacial score (nSPS) is 19.6. The van der Waals surface area contributed by atoms with Crippen molar-refractivity contribution in [3.05, 3.63) is 47.2 Å². The lowest BCUT2D eigenvalue weighted by molar-refractivity contribution is 0.0990. The van der Waals surface area contributed by atoms with E-state index in [0.29, 0.717) is 18.2 Å². The van der Waals surface area contributed by atoms with Gasteiger partial charge in [-0.25, -0.2) is 0 Å². The van der Waals surface area contributed by atoms with Gasteiger partial charge in [0.2, 0.25) is 0 Å². The third kappa shape index (κ3) is 3.47. The van der Waals surface area contributed by atoms with Crippen molar-refractivity contribution >= 4 is 0 Å². The smallest absolute Gasteiger partial charge is 0.132 e. The minimum atomic E-state index is -0.549. The van der Waals surface area contributed by atoms with E-state index in [1.54, 1.807) is 13.4 Å². The van der Waals surface area contributed by atoms with Gasteiger partial charge in [-0.3, -0.25) is 9.88 Å². The zero-order valence-electron chi connectivity index (χ0n) is 14.7. The molecule has 1 aliphatic heterocycles. The van der Waals surface area contributed by atoms with Crippen LogP contribution in [0.15, 0.2) is 29.0 Å². The molecule has 24 heavy (non-hydrogen) atoms. The number of aliphatic hydroxyl groups excluding tert-OH is 1. The zero-order chi connectivity index (χ0) is 17.1. The molecule has 1 aliphatic rings. The Morgan fingerprint density at radius 1 is 1.46 bits per heavy atom. The van der Waals surface area contributed by atoms with E-state index < -0.39 is 6.10 Å². The molecule has 1 fully saturated rings. The van der Waals surface area contributed by atoms with Crippen molar-refractivity contribution in [3.63, 3.8) is 0 Å². The van der Waals surface area contributed by atoms with Crippen LogP contribution in [0.1, 0.15) is 47.9 Å². The number of furan rings is 1. The number of ether oxygens (including phenoxy) is 1. The van der Waals surface area contributed by atoms with E-state index >= 15 is 0 Å². The standard InChI is InChI=1S/C19H26N2O3/c1-13-11-20-16(14(2)19(13)23-3)12-21-8-4-6-15(21)10-17(22)18-7-5-9-24-18/h5,7,9,11,15,17,22H,4,6,8,10,12H2,1-3H3. The molecule has 0 amide bonds. The van der Waals surface area contributed by atoms with Crippen LogP contribution in [-0.4, -0.2) is 34.7 Å². The first-order valence-corrected chi connectivity index (χ1v) is 8.54. The molecular weight excluding hydrogens is 304 g/mol. The molecule has 0 radical (unpaired) electrons. The van der Waals surface area contributed by atoms with Gasteiger partial charge in [-0.2, -0.15) is 0 Å². The second-order valence-electron chi connectivity index (χ2n) is 6.58. The summed E-state index contributed by atoms with van der Waals surface area (Å²) in [4.78, 5) is 7.02. The maximum absolute atomic E-state index is 10.4. The number of likely N-dealkylation sites (tertiary alicyclic amines) is 1. The largest absolute Gasteiger partial charge is 0.496 e. The Labute approximate surface area is 143 Å². The van der Waals surface area contributed by atoms with Crippen molar-refractivity contribution in [3.8, 4) is 5.75 Å². The summed E-state index contributed by atoms with van der Waals surface area (Å²) in [5.74, 6) is 1.57. The maximum atomic E-state index is 10.4. The molecule has 0 saturated carbocycles. The molecule has 5 heteroatoms. The van der Waals surface area contributed by atoms with E-state index in [1.165, 1.54) is 0 Å². The quantitative estimate of drug-likeness (QED) is 0.880. The average Bonchev–Trinajstić information content (AvgIpc) is 3.23. The van der Waals surface area contributed by atoms with Crippen LogP contribution in [0.5, 0.6) is 5.75 Å². The molecular formula is C19H26N2O3. The van der Waals surface area contributed by atoms with Crippen molar-refractivity contribution in [2.24, 2.45) is 0 Å². The number of hydrogen-bond acceptors (Lipinski definition) is 5. The van der Waals surface area contributed by atoms with Gasteiger partial charge in [-0.15, -0.1) is 0 Å². The van der Waals surface area contributed by atoms with Crippen LogP contribution < -0.4 is 4.74 Å². The minimum Gasteiger partial charge on any atom is -0.496 e. The number of aromatic nitrogens is 1. The lowest BCUT2D eigenvalue weighted by Crippen LogP contribution is -2.31. The third-order valence-corrected chi connectivity index (χ3v) is 4.97. The molecule has 2 atom stereocenters. The Balaban J connectivity index is 1.70. The van der Waals surface area contributed by atoms with Crippen molar-refractivity contribution < 1.29 is 14.3 Å². The van der Waals surface area contributed by atoms with Crippen LogP contribution in [0, 0.1) is 13.8 Å². The van der Waals surface area contributed by atoms with Gasteiger partial charge in [0.1, 0.15) is 17.6 Å². The van der Waals surface area contributed by atoms with E-state index in [1.807, 2.05) is 25.3 Å². The Hall–Kier alpha value is -1.85. The fourth-order valence-electron chi connectivity index (χ4n) is 3.65. The predicted octanol–water partition coefficient (Wildman–Crippen LogP) is 3.39. The monoisotopic (exact) mass is 330 g/mol. The molecule has 2 unspecified atom stereocenters. The van der Waals surface area contributed by atoms with E-state index in [0.717, 1.165) is 48.5 Å². The number of rotatable bonds is 6. The molecule has 0 spiro atoms. The number of aryl methyl sites for hydroxylation is 1. The van der Waals surface area contributed by atoms with Crippen molar-refractivity contribution in [1.82, 2.24) is 9.88 Å². The number of hydrogen-bond donors (Lipinski definition) is 1. The highest BCUT2D eigenvalue weighted by atomic mass is 16.5. The molecule has 3 rings (SSSR count). The second kappa shape index (κ2) is 7.36. The van der Waals surface area contributed by atoms with Crippen molar-refractivity contribution in [2.75, 3.05) is 13.7 Å². The van der Waals surface area contributed by atoms with Crippen molar-refractivity contribution in [1.29, 1.82) is 0 Å². The molecule has 0 aromatic carbocycles.